The molecule has 1 unspecified atom stereocenters. The van der Waals surface area contributed by atoms with Crippen LogP contribution in [-0.2, 0) is 0 Å². The molecule has 0 radical (unpaired) electrons. The zero-order chi connectivity index (χ0) is 12.0. The number of nitrogens with zero attached hydrogens (tertiary/aromatic N) is 1. The molecule has 16 heavy (non-hydrogen) atoms. The molecule has 2 nitrogen and oxygen atoms in total. The van der Waals surface area contributed by atoms with E-state index in [1.54, 1.807) is 0 Å². The summed E-state index contributed by atoms with van der Waals surface area (Å²) >= 11 is 0. The SMILES string of the molecule is CCC(CC)CC(NC)c1cccc(C)n1. The maximum atomic E-state index is 4.60. The molecule has 1 aromatic heterocycles. The number of aryl methyl sites for hydroxylation is 1. The van der Waals surface area contributed by atoms with E-state index in [4.69, 9.17) is 0 Å². The molecule has 0 aromatic carbocycles. The molecule has 1 heterocycles. The zero-order valence-electron chi connectivity index (χ0n) is 11.0. The summed E-state index contributed by atoms with van der Waals surface area (Å²) in [5, 5.41) is 3.38. The number of nitrogens with one attached hydrogen (secondary N) is 1. The predicted octanol–water partition coefficient (Wildman–Crippen LogP) is 3.48. The molecule has 0 saturated carbocycles. The smallest absolute Gasteiger partial charge is 0.0576 e. The summed E-state index contributed by atoms with van der Waals surface area (Å²) in [6.07, 6.45) is 3.68. The first-order valence-corrected chi connectivity index (χ1v) is 6.32. The quantitative estimate of drug-likeness (QED) is 0.794. The van der Waals surface area contributed by atoms with E-state index < -0.39 is 0 Å². The molecule has 0 aliphatic rings. The molecule has 1 aromatic rings. The van der Waals surface area contributed by atoms with Crippen molar-refractivity contribution in [3.05, 3.63) is 29.6 Å². The molecule has 1 N–H and O–H groups in total. The van der Waals surface area contributed by atoms with E-state index in [9.17, 15) is 0 Å². The van der Waals surface area contributed by atoms with Crippen LogP contribution in [0.25, 0.3) is 0 Å². The molecule has 0 aliphatic carbocycles. The lowest BCUT2D eigenvalue weighted by molar-refractivity contribution is 0.380. The average molecular weight is 220 g/mol. The van der Waals surface area contributed by atoms with E-state index in [-0.39, 0.29) is 0 Å². The topological polar surface area (TPSA) is 24.9 Å². The second-order valence-corrected chi connectivity index (χ2v) is 4.46. The summed E-state index contributed by atoms with van der Waals surface area (Å²) in [4.78, 5) is 4.60. The molecule has 1 atom stereocenters. The van der Waals surface area contributed by atoms with Gasteiger partial charge < -0.3 is 5.32 Å². The highest BCUT2D eigenvalue weighted by atomic mass is 14.9. The fourth-order valence-corrected chi connectivity index (χ4v) is 2.10. The number of rotatable bonds is 6. The number of hydrogen-bond acceptors (Lipinski definition) is 2. The molecule has 0 saturated heterocycles. The number of aromatic nitrogens is 1. The van der Waals surface area contributed by atoms with Crippen molar-refractivity contribution in [2.75, 3.05) is 7.05 Å². The predicted molar refractivity (Wildman–Crippen MR) is 69.5 cm³/mol. The molecule has 90 valence electrons. The zero-order valence-corrected chi connectivity index (χ0v) is 11.0. The Kier molecular flexibility index (Phi) is 5.47. The van der Waals surface area contributed by atoms with E-state index in [2.05, 4.69) is 36.3 Å². The van der Waals surface area contributed by atoms with Crippen LogP contribution in [-0.4, -0.2) is 12.0 Å². The van der Waals surface area contributed by atoms with Gasteiger partial charge in [-0.3, -0.25) is 4.98 Å². The van der Waals surface area contributed by atoms with Crippen molar-refractivity contribution in [2.24, 2.45) is 5.92 Å². The van der Waals surface area contributed by atoms with Crippen molar-refractivity contribution in [3.8, 4) is 0 Å². The van der Waals surface area contributed by atoms with Gasteiger partial charge in [-0.15, -0.1) is 0 Å². The van der Waals surface area contributed by atoms with Crippen molar-refractivity contribution in [3.63, 3.8) is 0 Å². The molecule has 0 spiro atoms. The highest BCUT2D eigenvalue weighted by Crippen LogP contribution is 2.23. The summed E-state index contributed by atoms with van der Waals surface area (Å²) in [5.41, 5.74) is 2.27. The lowest BCUT2D eigenvalue weighted by atomic mass is 9.93. The van der Waals surface area contributed by atoms with E-state index >= 15 is 0 Å². The van der Waals surface area contributed by atoms with Crippen LogP contribution in [0.3, 0.4) is 0 Å². The van der Waals surface area contributed by atoms with Crippen LogP contribution >= 0.6 is 0 Å². The van der Waals surface area contributed by atoms with Gasteiger partial charge in [0.2, 0.25) is 0 Å². The van der Waals surface area contributed by atoms with Gasteiger partial charge in [0.25, 0.3) is 0 Å². The molecule has 0 fully saturated rings. The maximum absolute atomic E-state index is 4.60. The second-order valence-electron chi connectivity index (χ2n) is 4.46. The fourth-order valence-electron chi connectivity index (χ4n) is 2.10. The van der Waals surface area contributed by atoms with Gasteiger partial charge in [0.15, 0.2) is 0 Å². The molecular weight excluding hydrogens is 196 g/mol. The highest BCUT2D eigenvalue weighted by molar-refractivity contribution is 5.13. The van der Waals surface area contributed by atoms with Crippen LogP contribution in [0.2, 0.25) is 0 Å². The Morgan fingerprint density at radius 3 is 2.44 bits per heavy atom. The Morgan fingerprint density at radius 1 is 1.25 bits per heavy atom. The summed E-state index contributed by atoms with van der Waals surface area (Å²) in [5.74, 6) is 0.791. The third-order valence-electron chi connectivity index (χ3n) is 3.34. The van der Waals surface area contributed by atoms with Crippen molar-refractivity contribution in [2.45, 2.75) is 46.1 Å². The van der Waals surface area contributed by atoms with Gasteiger partial charge >= 0.3 is 0 Å². The minimum atomic E-state index is 0.393. The minimum absolute atomic E-state index is 0.393. The molecule has 0 amide bonds. The first-order chi connectivity index (χ1) is 7.71. The minimum Gasteiger partial charge on any atom is -0.312 e. The highest BCUT2D eigenvalue weighted by Gasteiger charge is 2.15. The Morgan fingerprint density at radius 2 is 1.94 bits per heavy atom. The third kappa shape index (κ3) is 3.60. The molecule has 2 heteroatoms. The Labute approximate surface area is 99.5 Å². The van der Waals surface area contributed by atoms with Gasteiger partial charge in [-0.2, -0.15) is 0 Å². The van der Waals surface area contributed by atoms with Gasteiger partial charge in [-0.05, 0) is 38.4 Å². The van der Waals surface area contributed by atoms with E-state index in [0.29, 0.717) is 6.04 Å². The third-order valence-corrected chi connectivity index (χ3v) is 3.34. The van der Waals surface area contributed by atoms with Gasteiger partial charge in [0, 0.05) is 11.7 Å². The lowest BCUT2D eigenvalue weighted by Crippen LogP contribution is -2.20. The second kappa shape index (κ2) is 6.64. The number of hydrogen-bond donors (Lipinski definition) is 1. The average Bonchev–Trinajstić information content (AvgIpc) is 2.31. The summed E-state index contributed by atoms with van der Waals surface area (Å²) in [6, 6.07) is 6.66. The monoisotopic (exact) mass is 220 g/mol. The van der Waals surface area contributed by atoms with Gasteiger partial charge in [0.1, 0.15) is 0 Å². The van der Waals surface area contributed by atoms with Crippen LogP contribution in [0.5, 0.6) is 0 Å². The van der Waals surface area contributed by atoms with Crippen molar-refractivity contribution >= 4 is 0 Å². The largest absolute Gasteiger partial charge is 0.312 e. The van der Waals surface area contributed by atoms with E-state index in [0.717, 1.165) is 11.6 Å². The van der Waals surface area contributed by atoms with E-state index in [1.165, 1.54) is 25.0 Å². The Bertz CT molecular complexity index is 305. The van der Waals surface area contributed by atoms with Gasteiger partial charge in [0.05, 0.1) is 5.69 Å². The first-order valence-electron chi connectivity index (χ1n) is 6.32. The van der Waals surface area contributed by atoms with Gasteiger partial charge in [-0.25, -0.2) is 0 Å². The van der Waals surface area contributed by atoms with Crippen LogP contribution in [0.15, 0.2) is 18.2 Å². The summed E-state index contributed by atoms with van der Waals surface area (Å²) in [6.45, 7) is 6.59. The van der Waals surface area contributed by atoms with Crippen LogP contribution in [0, 0.1) is 12.8 Å². The van der Waals surface area contributed by atoms with Crippen LogP contribution < -0.4 is 5.32 Å². The first kappa shape index (κ1) is 13.2. The van der Waals surface area contributed by atoms with E-state index in [1.807, 2.05) is 20.0 Å². The summed E-state index contributed by atoms with van der Waals surface area (Å²) < 4.78 is 0. The molecule has 0 aliphatic heterocycles. The Hall–Kier alpha value is -0.890. The van der Waals surface area contributed by atoms with Crippen molar-refractivity contribution < 1.29 is 0 Å². The molecular formula is C14H24N2. The number of pyridine rings is 1. The molecule has 1 rings (SSSR count). The summed E-state index contributed by atoms with van der Waals surface area (Å²) in [7, 11) is 2.02. The maximum Gasteiger partial charge on any atom is 0.0576 e. The van der Waals surface area contributed by atoms with Gasteiger partial charge in [-0.1, -0.05) is 32.8 Å². The fraction of sp³-hybridized carbons (Fsp3) is 0.643. The standard InChI is InChI=1S/C14H24N2/c1-5-12(6-2)10-14(15-4)13-9-7-8-11(3)16-13/h7-9,12,14-15H,5-6,10H2,1-4H3. The Balaban J connectivity index is 2.74. The van der Waals surface area contributed by atoms with Crippen molar-refractivity contribution in [1.29, 1.82) is 0 Å². The normalized spacial score (nSPS) is 13.1. The van der Waals surface area contributed by atoms with Crippen LogP contribution in [0.4, 0.5) is 0 Å². The van der Waals surface area contributed by atoms with Crippen molar-refractivity contribution in [1.82, 2.24) is 10.3 Å². The lowest BCUT2D eigenvalue weighted by Gasteiger charge is -2.21. The van der Waals surface area contributed by atoms with Crippen LogP contribution in [0.1, 0.15) is 50.5 Å². The molecule has 0 bridgehead atoms.